The van der Waals surface area contributed by atoms with Crippen molar-refractivity contribution < 1.29 is 5.11 Å². The molecule has 1 N–H and O–H groups in total. The molecule has 1 unspecified atom stereocenters. The van der Waals surface area contributed by atoms with E-state index in [0.29, 0.717) is 0 Å². The van der Waals surface area contributed by atoms with Crippen LogP contribution < -0.4 is 0 Å². The second kappa shape index (κ2) is 4.47. The van der Waals surface area contributed by atoms with Crippen molar-refractivity contribution in [1.82, 2.24) is 14.8 Å². The van der Waals surface area contributed by atoms with E-state index in [2.05, 4.69) is 10.1 Å². The largest absolute Gasteiger partial charge is 0.395 e. The van der Waals surface area contributed by atoms with Crippen molar-refractivity contribution in [2.45, 2.75) is 17.9 Å². The maximum Gasteiger partial charge on any atom is 0.138 e. The predicted molar refractivity (Wildman–Crippen MR) is 48.8 cm³/mol. The van der Waals surface area contributed by atoms with E-state index in [1.165, 1.54) is 0 Å². The number of aromatic nitrogens is 3. The highest BCUT2D eigenvalue weighted by molar-refractivity contribution is 7.99. The van der Waals surface area contributed by atoms with Crippen LogP contribution in [0.15, 0.2) is 6.33 Å². The van der Waals surface area contributed by atoms with Crippen molar-refractivity contribution >= 4 is 11.8 Å². The zero-order valence-corrected chi connectivity index (χ0v) is 8.08. The Bertz CT molecular complexity index is 238. The predicted octanol–water partition coefficient (Wildman–Crippen LogP) is 0.429. The minimum atomic E-state index is 0.211. The number of aliphatic hydroxyl groups is 1. The van der Waals surface area contributed by atoms with Crippen molar-refractivity contribution in [3.05, 3.63) is 12.2 Å². The smallest absolute Gasteiger partial charge is 0.138 e. The number of thioether (sulfide) groups is 1. The summed E-state index contributed by atoms with van der Waals surface area (Å²) in [6.45, 7) is 2.20. The van der Waals surface area contributed by atoms with Gasteiger partial charge in [0.05, 0.1) is 12.4 Å². The number of rotatable bonds is 4. The summed E-state index contributed by atoms with van der Waals surface area (Å²) in [5.41, 5.74) is 0. The molecule has 0 saturated heterocycles. The summed E-state index contributed by atoms with van der Waals surface area (Å²) < 4.78 is 1.75. The maximum atomic E-state index is 8.77. The fourth-order valence-corrected chi connectivity index (χ4v) is 1.52. The van der Waals surface area contributed by atoms with Gasteiger partial charge in [-0.25, -0.2) is 4.98 Å². The first-order chi connectivity index (χ1) is 5.74. The average Bonchev–Trinajstić information content (AvgIpc) is 2.47. The van der Waals surface area contributed by atoms with E-state index in [1.807, 2.05) is 14.0 Å². The molecule has 4 nitrogen and oxygen atoms in total. The SMILES string of the molecule is CC(CO)SCc1ncnn1C. The van der Waals surface area contributed by atoms with Crippen LogP contribution in [0.25, 0.3) is 0 Å². The molecule has 1 rings (SSSR count). The molecule has 0 aromatic carbocycles. The quantitative estimate of drug-likeness (QED) is 0.742. The van der Waals surface area contributed by atoms with Gasteiger partial charge >= 0.3 is 0 Å². The Balaban J connectivity index is 2.38. The number of hydrogen-bond donors (Lipinski definition) is 1. The van der Waals surface area contributed by atoms with Crippen LogP contribution in [0.4, 0.5) is 0 Å². The van der Waals surface area contributed by atoms with Crippen LogP contribution in [0.5, 0.6) is 0 Å². The van der Waals surface area contributed by atoms with Crippen molar-refractivity contribution in [2.24, 2.45) is 7.05 Å². The average molecular weight is 187 g/mol. The lowest BCUT2D eigenvalue weighted by Gasteiger charge is -2.05. The molecule has 1 aromatic heterocycles. The fraction of sp³-hybridized carbons (Fsp3) is 0.714. The molecule has 12 heavy (non-hydrogen) atoms. The van der Waals surface area contributed by atoms with Crippen LogP contribution in [0.2, 0.25) is 0 Å². The van der Waals surface area contributed by atoms with Crippen molar-refractivity contribution in [1.29, 1.82) is 0 Å². The second-order valence-corrected chi connectivity index (χ2v) is 4.03. The van der Waals surface area contributed by atoms with E-state index in [1.54, 1.807) is 22.8 Å². The first kappa shape index (κ1) is 9.54. The van der Waals surface area contributed by atoms with Crippen LogP contribution in [0.3, 0.4) is 0 Å². The Kier molecular flexibility index (Phi) is 3.55. The third kappa shape index (κ3) is 2.49. The van der Waals surface area contributed by atoms with E-state index in [9.17, 15) is 0 Å². The minimum Gasteiger partial charge on any atom is -0.395 e. The number of nitrogens with zero attached hydrogens (tertiary/aromatic N) is 3. The van der Waals surface area contributed by atoms with Crippen LogP contribution >= 0.6 is 11.8 Å². The monoisotopic (exact) mass is 187 g/mol. The number of aryl methyl sites for hydroxylation is 1. The third-order valence-corrected chi connectivity index (χ3v) is 2.70. The van der Waals surface area contributed by atoms with Gasteiger partial charge < -0.3 is 5.11 Å². The van der Waals surface area contributed by atoms with Gasteiger partial charge in [0.15, 0.2) is 0 Å². The number of aliphatic hydroxyl groups excluding tert-OH is 1. The van der Waals surface area contributed by atoms with E-state index in [-0.39, 0.29) is 11.9 Å². The Hall–Kier alpha value is -0.550. The summed E-state index contributed by atoms with van der Waals surface area (Å²) in [6, 6.07) is 0. The van der Waals surface area contributed by atoms with Gasteiger partial charge in [0.2, 0.25) is 0 Å². The summed E-state index contributed by atoms with van der Waals surface area (Å²) in [6.07, 6.45) is 1.54. The summed E-state index contributed by atoms with van der Waals surface area (Å²) in [7, 11) is 1.87. The third-order valence-electron chi connectivity index (χ3n) is 1.56. The van der Waals surface area contributed by atoms with Crippen molar-refractivity contribution in [3.8, 4) is 0 Å². The number of hydrogen-bond acceptors (Lipinski definition) is 4. The van der Waals surface area contributed by atoms with E-state index in [0.717, 1.165) is 11.6 Å². The molecule has 0 spiro atoms. The first-order valence-electron chi connectivity index (χ1n) is 3.79. The summed E-state index contributed by atoms with van der Waals surface area (Å²) >= 11 is 1.67. The van der Waals surface area contributed by atoms with Crippen LogP contribution in [-0.2, 0) is 12.8 Å². The molecule has 1 atom stereocenters. The normalized spacial score (nSPS) is 13.2. The molecule has 0 saturated carbocycles. The lowest BCUT2D eigenvalue weighted by Crippen LogP contribution is -2.05. The molecular formula is C7H13N3OS. The fourth-order valence-electron chi connectivity index (χ4n) is 0.720. The van der Waals surface area contributed by atoms with Crippen molar-refractivity contribution in [3.63, 3.8) is 0 Å². The van der Waals surface area contributed by atoms with Crippen molar-refractivity contribution in [2.75, 3.05) is 6.61 Å². The highest BCUT2D eigenvalue weighted by Gasteiger charge is 2.04. The van der Waals surface area contributed by atoms with Gasteiger partial charge in [0, 0.05) is 12.3 Å². The minimum absolute atomic E-state index is 0.211. The summed E-state index contributed by atoms with van der Waals surface area (Å²) in [4.78, 5) is 4.07. The molecule has 0 aliphatic rings. The van der Waals surface area contributed by atoms with E-state index >= 15 is 0 Å². The maximum absolute atomic E-state index is 8.77. The Morgan fingerprint density at radius 3 is 3.00 bits per heavy atom. The van der Waals surface area contributed by atoms with Gasteiger partial charge in [-0.3, -0.25) is 4.68 Å². The van der Waals surface area contributed by atoms with Gasteiger partial charge in [-0.05, 0) is 0 Å². The van der Waals surface area contributed by atoms with E-state index < -0.39 is 0 Å². The second-order valence-electron chi connectivity index (χ2n) is 2.60. The van der Waals surface area contributed by atoms with Gasteiger partial charge in [-0.15, -0.1) is 11.8 Å². The molecule has 0 bridgehead atoms. The lowest BCUT2D eigenvalue weighted by molar-refractivity contribution is 0.300. The Labute approximate surface area is 76.0 Å². The van der Waals surface area contributed by atoms with Gasteiger partial charge in [-0.2, -0.15) is 5.10 Å². The van der Waals surface area contributed by atoms with Crippen LogP contribution in [0.1, 0.15) is 12.7 Å². The molecule has 0 fully saturated rings. The molecule has 0 aliphatic carbocycles. The van der Waals surface area contributed by atoms with E-state index in [4.69, 9.17) is 5.11 Å². The molecule has 0 radical (unpaired) electrons. The molecule has 1 aromatic rings. The Morgan fingerprint density at radius 2 is 2.50 bits per heavy atom. The zero-order valence-electron chi connectivity index (χ0n) is 7.27. The van der Waals surface area contributed by atoms with Gasteiger partial charge in [-0.1, -0.05) is 6.92 Å². The Morgan fingerprint density at radius 1 is 1.75 bits per heavy atom. The molecular weight excluding hydrogens is 174 g/mol. The summed E-state index contributed by atoms with van der Waals surface area (Å²) in [5, 5.41) is 13.0. The van der Waals surface area contributed by atoms with Gasteiger partial charge in [0.25, 0.3) is 0 Å². The molecule has 68 valence electrons. The van der Waals surface area contributed by atoms with Crippen LogP contribution in [-0.4, -0.2) is 31.7 Å². The lowest BCUT2D eigenvalue weighted by atomic mass is 10.5. The standard InChI is InChI=1S/C7H13N3OS/c1-6(3-11)12-4-7-8-5-9-10(7)2/h5-6,11H,3-4H2,1-2H3. The molecule has 0 amide bonds. The molecule has 5 heteroatoms. The topological polar surface area (TPSA) is 50.9 Å². The molecule has 0 aliphatic heterocycles. The van der Waals surface area contributed by atoms with Crippen LogP contribution in [0, 0.1) is 0 Å². The molecule has 1 heterocycles. The highest BCUT2D eigenvalue weighted by atomic mass is 32.2. The summed E-state index contributed by atoms with van der Waals surface area (Å²) in [5.74, 6) is 1.75. The zero-order chi connectivity index (χ0) is 8.97. The highest BCUT2D eigenvalue weighted by Crippen LogP contribution is 2.14. The van der Waals surface area contributed by atoms with Gasteiger partial charge in [0.1, 0.15) is 12.2 Å². The first-order valence-corrected chi connectivity index (χ1v) is 4.84.